The van der Waals surface area contributed by atoms with Crippen LogP contribution in [0.1, 0.15) is 30.5 Å². The fourth-order valence-corrected chi connectivity index (χ4v) is 2.28. The van der Waals surface area contributed by atoms with Crippen molar-refractivity contribution in [3.8, 4) is 0 Å². The SMILES string of the molecule is C=C(C)c1ccc(C(C)(CO)c2ccccc2)cc1. The number of hydrogen-bond donors (Lipinski definition) is 1. The van der Waals surface area contributed by atoms with Gasteiger partial charge in [0.25, 0.3) is 0 Å². The summed E-state index contributed by atoms with van der Waals surface area (Å²) in [5.74, 6) is 0. The number of aliphatic hydroxyl groups excluding tert-OH is 1. The molecule has 0 aliphatic carbocycles. The summed E-state index contributed by atoms with van der Waals surface area (Å²) in [6.45, 7) is 8.10. The van der Waals surface area contributed by atoms with Crippen LogP contribution < -0.4 is 0 Å². The van der Waals surface area contributed by atoms with Gasteiger partial charge in [0.2, 0.25) is 0 Å². The van der Waals surface area contributed by atoms with E-state index in [0.29, 0.717) is 0 Å². The second kappa shape index (κ2) is 5.41. The van der Waals surface area contributed by atoms with E-state index in [4.69, 9.17) is 0 Å². The third kappa shape index (κ3) is 2.61. The first kappa shape index (κ1) is 13.6. The Bertz CT molecular complexity index is 554. The Morgan fingerprint density at radius 3 is 2.00 bits per heavy atom. The molecule has 0 aliphatic rings. The lowest BCUT2D eigenvalue weighted by Gasteiger charge is -2.29. The van der Waals surface area contributed by atoms with Gasteiger partial charge >= 0.3 is 0 Å². The van der Waals surface area contributed by atoms with E-state index < -0.39 is 0 Å². The van der Waals surface area contributed by atoms with Gasteiger partial charge in [-0.2, -0.15) is 0 Å². The first-order valence-electron chi connectivity index (χ1n) is 6.51. The molecular formula is C18H20O. The van der Waals surface area contributed by atoms with Crippen LogP contribution in [-0.2, 0) is 5.41 Å². The quantitative estimate of drug-likeness (QED) is 0.871. The molecule has 0 bridgehead atoms. The molecule has 0 heterocycles. The largest absolute Gasteiger partial charge is 0.395 e. The third-order valence-corrected chi connectivity index (χ3v) is 3.74. The topological polar surface area (TPSA) is 20.2 Å². The lowest BCUT2D eigenvalue weighted by Crippen LogP contribution is -2.28. The van der Waals surface area contributed by atoms with Gasteiger partial charge in [-0.3, -0.25) is 0 Å². The predicted molar refractivity (Wildman–Crippen MR) is 81.1 cm³/mol. The molecule has 1 unspecified atom stereocenters. The van der Waals surface area contributed by atoms with Crippen LogP contribution >= 0.6 is 0 Å². The summed E-state index contributed by atoms with van der Waals surface area (Å²) in [6, 6.07) is 18.4. The van der Waals surface area contributed by atoms with Crippen molar-refractivity contribution in [2.75, 3.05) is 6.61 Å². The minimum Gasteiger partial charge on any atom is -0.395 e. The molecule has 98 valence electrons. The smallest absolute Gasteiger partial charge is 0.0566 e. The van der Waals surface area contributed by atoms with Gasteiger partial charge in [-0.15, -0.1) is 0 Å². The van der Waals surface area contributed by atoms with Crippen molar-refractivity contribution < 1.29 is 5.11 Å². The van der Waals surface area contributed by atoms with Crippen LogP contribution in [0.4, 0.5) is 0 Å². The number of hydrogen-bond acceptors (Lipinski definition) is 1. The van der Waals surface area contributed by atoms with Gasteiger partial charge in [0.05, 0.1) is 6.61 Å². The first-order chi connectivity index (χ1) is 9.08. The monoisotopic (exact) mass is 252 g/mol. The highest BCUT2D eigenvalue weighted by molar-refractivity contribution is 5.61. The summed E-state index contributed by atoms with van der Waals surface area (Å²) in [5, 5.41) is 9.85. The Balaban J connectivity index is 2.44. The fourth-order valence-electron chi connectivity index (χ4n) is 2.28. The van der Waals surface area contributed by atoms with Crippen molar-refractivity contribution >= 4 is 5.57 Å². The maximum atomic E-state index is 9.85. The second-order valence-electron chi connectivity index (χ2n) is 5.21. The Hall–Kier alpha value is -1.86. The molecule has 1 atom stereocenters. The van der Waals surface area contributed by atoms with E-state index in [1.165, 1.54) is 0 Å². The Kier molecular flexibility index (Phi) is 3.87. The molecule has 1 nitrogen and oxygen atoms in total. The zero-order valence-corrected chi connectivity index (χ0v) is 11.6. The van der Waals surface area contributed by atoms with Crippen molar-refractivity contribution in [2.24, 2.45) is 0 Å². The second-order valence-corrected chi connectivity index (χ2v) is 5.21. The lowest BCUT2D eigenvalue weighted by atomic mass is 9.76. The Morgan fingerprint density at radius 1 is 1.00 bits per heavy atom. The van der Waals surface area contributed by atoms with Crippen molar-refractivity contribution in [3.63, 3.8) is 0 Å². The minimum absolute atomic E-state index is 0.0867. The zero-order chi connectivity index (χ0) is 13.9. The first-order valence-corrected chi connectivity index (χ1v) is 6.51. The van der Waals surface area contributed by atoms with E-state index in [0.717, 1.165) is 22.3 Å². The van der Waals surface area contributed by atoms with E-state index in [1.807, 2.05) is 25.1 Å². The van der Waals surface area contributed by atoms with Crippen molar-refractivity contribution in [1.29, 1.82) is 0 Å². The molecule has 19 heavy (non-hydrogen) atoms. The van der Waals surface area contributed by atoms with Gasteiger partial charge in [0, 0.05) is 5.41 Å². The van der Waals surface area contributed by atoms with Gasteiger partial charge < -0.3 is 5.11 Å². The van der Waals surface area contributed by atoms with E-state index in [1.54, 1.807) is 0 Å². The minimum atomic E-state index is -0.366. The van der Waals surface area contributed by atoms with Gasteiger partial charge in [-0.05, 0) is 30.5 Å². The number of benzene rings is 2. The normalized spacial score (nSPS) is 13.8. The van der Waals surface area contributed by atoms with Crippen LogP contribution in [0.2, 0.25) is 0 Å². The number of aliphatic hydroxyl groups is 1. The van der Waals surface area contributed by atoms with E-state index in [2.05, 4.69) is 49.9 Å². The summed E-state index contributed by atoms with van der Waals surface area (Å²) in [4.78, 5) is 0. The molecule has 0 saturated carbocycles. The zero-order valence-electron chi connectivity index (χ0n) is 11.6. The maximum Gasteiger partial charge on any atom is 0.0566 e. The number of allylic oxidation sites excluding steroid dienone is 1. The summed E-state index contributed by atoms with van der Waals surface area (Å²) in [7, 11) is 0. The van der Waals surface area contributed by atoms with Gasteiger partial charge in [-0.25, -0.2) is 0 Å². The molecule has 0 spiro atoms. The van der Waals surface area contributed by atoms with Crippen LogP contribution in [-0.4, -0.2) is 11.7 Å². The Labute approximate surface area is 115 Å². The van der Waals surface area contributed by atoms with Gasteiger partial charge in [-0.1, -0.05) is 66.7 Å². The standard InChI is InChI=1S/C18H20O/c1-14(2)15-9-11-17(12-10-15)18(3,13-19)16-7-5-4-6-8-16/h4-12,19H,1,13H2,2-3H3. The maximum absolute atomic E-state index is 9.85. The molecule has 2 rings (SSSR count). The van der Waals surface area contributed by atoms with E-state index in [9.17, 15) is 5.11 Å². The molecule has 0 fully saturated rings. The van der Waals surface area contributed by atoms with Crippen LogP contribution in [0.5, 0.6) is 0 Å². The highest BCUT2D eigenvalue weighted by Gasteiger charge is 2.27. The molecule has 0 aliphatic heterocycles. The molecular weight excluding hydrogens is 232 g/mol. The summed E-state index contributed by atoms with van der Waals surface area (Å²) >= 11 is 0. The highest BCUT2D eigenvalue weighted by Crippen LogP contribution is 2.32. The molecule has 1 heteroatoms. The summed E-state index contributed by atoms with van der Waals surface area (Å²) in [5.41, 5.74) is 4.07. The van der Waals surface area contributed by atoms with Crippen molar-refractivity contribution in [2.45, 2.75) is 19.3 Å². The molecule has 1 N–H and O–H groups in total. The molecule has 2 aromatic carbocycles. The van der Waals surface area contributed by atoms with Crippen LogP contribution in [0.25, 0.3) is 5.57 Å². The number of rotatable bonds is 4. The van der Waals surface area contributed by atoms with Gasteiger partial charge in [0.15, 0.2) is 0 Å². The van der Waals surface area contributed by atoms with Crippen LogP contribution in [0.15, 0.2) is 61.2 Å². The highest BCUT2D eigenvalue weighted by atomic mass is 16.3. The van der Waals surface area contributed by atoms with Crippen LogP contribution in [0, 0.1) is 0 Å². The Morgan fingerprint density at radius 2 is 1.53 bits per heavy atom. The summed E-state index contributed by atoms with van der Waals surface area (Å²) in [6.07, 6.45) is 0. The lowest BCUT2D eigenvalue weighted by molar-refractivity contribution is 0.231. The average Bonchev–Trinajstić information content (AvgIpc) is 2.47. The van der Waals surface area contributed by atoms with Gasteiger partial charge in [0.1, 0.15) is 0 Å². The van der Waals surface area contributed by atoms with Crippen LogP contribution in [0.3, 0.4) is 0 Å². The molecule has 0 radical (unpaired) electrons. The van der Waals surface area contributed by atoms with E-state index >= 15 is 0 Å². The average molecular weight is 252 g/mol. The van der Waals surface area contributed by atoms with Crippen molar-refractivity contribution in [1.82, 2.24) is 0 Å². The third-order valence-electron chi connectivity index (χ3n) is 3.74. The molecule has 2 aromatic rings. The molecule has 0 amide bonds. The van der Waals surface area contributed by atoms with Crippen molar-refractivity contribution in [3.05, 3.63) is 77.9 Å². The molecule has 0 saturated heterocycles. The molecule has 0 aromatic heterocycles. The fraction of sp³-hybridized carbons (Fsp3) is 0.222. The predicted octanol–water partition coefficient (Wildman–Crippen LogP) is 4.02. The summed E-state index contributed by atoms with van der Waals surface area (Å²) < 4.78 is 0. The van der Waals surface area contributed by atoms with E-state index in [-0.39, 0.29) is 12.0 Å².